The molecule has 1 atom stereocenters. The number of hydrogen-bond donors (Lipinski definition) is 1. The Morgan fingerprint density at radius 2 is 2.26 bits per heavy atom. The van der Waals surface area contributed by atoms with Gasteiger partial charge in [-0.3, -0.25) is 0 Å². The third kappa shape index (κ3) is 4.04. The molecule has 0 aliphatic carbocycles. The number of rotatable bonds is 6. The van der Waals surface area contributed by atoms with Crippen LogP contribution < -0.4 is 4.74 Å². The second-order valence-corrected chi connectivity index (χ2v) is 5.46. The van der Waals surface area contributed by atoms with Gasteiger partial charge < -0.3 is 9.84 Å². The molecule has 1 aromatic carbocycles. The smallest absolute Gasteiger partial charge is 0.131 e. The van der Waals surface area contributed by atoms with Crippen LogP contribution in [-0.4, -0.2) is 10.1 Å². The molecular formula is C15H19NO2S. The Labute approximate surface area is 117 Å². The standard InChI is InChI=1S/C15H19NO2S/c1-3-5-15-16-13(10-19-15)9-18-14-7-4-6-12(8-14)11(2)17/h4,6-8,10-11,17H,3,5,9H2,1-2H3. The van der Waals surface area contributed by atoms with Crippen LogP contribution in [0.15, 0.2) is 29.6 Å². The number of aromatic nitrogens is 1. The number of hydrogen-bond acceptors (Lipinski definition) is 4. The first-order valence-electron chi connectivity index (χ1n) is 6.53. The molecule has 1 unspecified atom stereocenters. The second-order valence-electron chi connectivity index (χ2n) is 4.52. The van der Waals surface area contributed by atoms with E-state index in [9.17, 15) is 5.11 Å². The van der Waals surface area contributed by atoms with Crippen LogP contribution >= 0.6 is 11.3 Å². The molecule has 4 heteroatoms. The highest BCUT2D eigenvalue weighted by Crippen LogP contribution is 2.20. The normalized spacial score (nSPS) is 12.4. The van der Waals surface area contributed by atoms with Crippen molar-refractivity contribution in [1.82, 2.24) is 4.98 Å². The van der Waals surface area contributed by atoms with Crippen molar-refractivity contribution in [1.29, 1.82) is 0 Å². The summed E-state index contributed by atoms with van der Waals surface area (Å²) in [5.74, 6) is 0.767. The van der Waals surface area contributed by atoms with Gasteiger partial charge in [-0.1, -0.05) is 19.1 Å². The molecule has 0 spiro atoms. The van der Waals surface area contributed by atoms with E-state index in [0.717, 1.165) is 29.8 Å². The fourth-order valence-corrected chi connectivity index (χ4v) is 2.65. The zero-order chi connectivity index (χ0) is 13.7. The van der Waals surface area contributed by atoms with Gasteiger partial charge in [-0.15, -0.1) is 11.3 Å². The number of ether oxygens (including phenoxy) is 1. The molecule has 0 saturated carbocycles. The average Bonchev–Trinajstić information content (AvgIpc) is 2.85. The highest BCUT2D eigenvalue weighted by molar-refractivity contribution is 7.09. The van der Waals surface area contributed by atoms with Gasteiger partial charge in [-0.2, -0.15) is 0 Å². The molecule has 0 fully saturated rings. The highest BCUT2D eigenvalue weighted by Gasteiger charge is 2.04. The Hall–Kier alpha value is -1.39. The molecule has 1 N–H and O–H groups in total. The average molecular weight is 277 g/mol. The van der Waals surface area contributed by atoms with Gasteiger partial charge >= 0.3 is 0 Å². The fourth-order valence-electron chi connectivity index (χ4n) is 1.77. The topological polar surface area (TPSA) is 42.4 Å². The Balaban J connectivity index is 1.95. The SMILES string of the molecule is CCCc1nc(COc2cccc(C(C)O)c2)cs1. The lowest BCUT2D eigenvalue weighted by Crippen LogP contribution is -1.98. The van der Waals surface area contributed by atoms with E-state index in [1.165, 1.54) is 5.01 Å². The van der Waals surface area contributed by atoms with Crippen LogP contribution in [0.3, 0.4) is 0 Å². The number of thiazole rings is 1. The summed E-state index contributed by atoms with van der Waals surface area (Å²) in [7, 11) is 0. The van der Waals surface area contributed by atoms with E-state index in [4.69, 9.17) is 4.74 Å². The summed E-state index contributed by atoms with van der Waals surface area (Å²) in [4.78, 5) is 4.52. The molecule has 0 saturated heterocycles. The van der Waals surface area contributed by atoms with Crippen LogP contribution in [0.25, 0.3) is 0 Å². The molecule has 1 heterocycles. The van der Waals surface area contributed by atoms with Gasteiger partial charge in [0.25, 0.3) is 0 Å². The van der Waals surface area contributed by atoms with Crippen molar-refractivity contribution in [3.05, 3.63) is 45.9 Å². The minimum absolute atomic E-state index is 0.473. The van der Waals surface area contributed by atoms with Crippen LogP contribution in [0.2, 0.25) is 0 Å². The van der Waals surface area contributed by atoms with E-state index in [1.54, 1.807) is 18.3 Å². The Morgan fingerprint density at radius 1 is 1.42 bits per heavy atom. The van der Waals surface area contributed by atoms with Crippen molar-refractivity contribution < 1.29 is 9.84 Å². The van der Waals surface area contributed by atoms with Crippen LogP contribution in [0.1, 0.15) is 42.6 Å². The van der Waals surface area contributed by atoms with Crippen LogP contribution in [0, 0.1) is 0 Å². The quantitative estimate of drug-likeness (QED) is 0.875. The van der Waals surface area contributed by atoms with Gasteiger partial charge in [0.1, 0.15) is 12.4 Å². The molecule has 3 nitrogen and oxygen atoms in total. The Bertz CT molecular complexity index is 522. The van der Waals surface area contributed by atoms with Crippen molar-refractivity contribution in [2.24, 2.45) is 0 Å². The number of benzene rings is 1. The molecule has 0 radical (unpaired) electrons. The lowest BCUT2D eigenvalue weighted by atomic mass is 10.1. The third-order valence-corrected chi connectivity index (χ3v) is 3.75. The molecule has 19 heavy (non-hydrogen) atoms. The number of aryl methyl sites for hydroxylation is 1. The number of aliphatic hydroxyl groups excluding tert-OH is 1. The summed E-state index contributed by atoms with van der Waals surface area (Å²) < 4.78 is 5.71. The van der Waals surface area contributed by atoms with Crippen molar-refractivity contribution in [3.8, 4) is 5.75 Å². The lowest BCUT2D eigenvalue weighted by Gasteiger charge is -2.08. The highest BCUT2D eigenvalue weighted by atomic mass is 32.1. The molecule has 102 valence electrons. The molecule has 1 aromatic heterocycles. The zero-order valence-electron chi connectivity index (χ0n) is 11.3. The predicted octanol–water partition coefficient (Wildman–Crippen LogP) is 3.73. The van der Waals surface area contributed by atoms with E-state index < -0.39 is 6.10 Å². The maximum Gasteiger partial charge on any atom is 0.131 e. The van der Waals surface area contributed by atoms with Crippen molar-refractivity contribution in [2.45, 2.75) is 39.4 Å². The van der Waals surface area contributed by atoms with Gasteiger partial charge in [0.15, 0.2) is 0 Å². The lowest BCUT2D eigenvalue weighted by molar-refractivity contribution is 0.198. The summed E-state index contributed by atoms with van der Waals surface area (Å²) in [5, 5.41) is 12.7. The van der Waals surface area contributed by atoms with Gasteiger partial charge in [-0.25, -0.2) is 4.98 Å². The first-order chi connectivity index (χ1) is 9.19. The fraction of sp³-hybridized carbons (Fsp3) is 0.400. The second kappa shape index (κ2) is 6.68. The van der Waals surface area contributed by atoms with Gasteiger partial charge in [0.2, 0.25) is 0 Å². The van der Waals surface area contributed by atoms with Gasteiger partial charge in [-0.05, 0) is 37.5 Å². The monoisotopic (exact) mass is 277 g/mol. The van der Waals surface area contributed by atoms with Crippen molar-refractivity contribution >= 4 is 11.3 Å². The predicted molar refractivity (Wildman–Crippen MR) is 77.5 cm³/mol. The first kappa shape index (κ1) is 14.0. The summed E-state index contributed by atoms with van der Waals surface area (Å²) in [5.41, 5.74) is 1.83. The zero-order valence-corrected chi connectivity index (χ0v) is 12.1. The van der Waals surface area contributed by atoms with E-state index >= 15 is 0 Å². The summed E-state index contributed by atoms with van der Waals surface area (Å²) in [6.45, 7) is 4.37. The summed E-state index contributed by atoms with van der Waals surface area (Å²) in [6.07, 6.45) is 1.67. The van der Waals surface area contributed by atoms with E-state index in [1.807, 2.05) is 29.6 Å². The van der Waals surface area contributed by atoms with Crippen LogP contribution in [0.5, 0.6) is 5.75 Å². The van der Waals surface area contributed by atoms with Gasteiger partial charge in [0.05, 0.1) is 16.8 Å². The minimum atomic E-state index is -0.473. The van der Waals surface area contributed by atoms with E-state index in [2.05, 4.69) is 11.9 Å². The molecule has 2 rings (SSSR count). The Kier molecular flexibility index (Phi) is 4.93. The van der Waals surface area contributed by atoms with E-state index in [0.29, 0.717) is 6.61 Å². The summed E-state index contributed by atoms with van der Waals surface area (Å²) in [6, 6.07) is 7.54. The molecule has 2 aromatic rings. The Morgan fingerprint density at radius 3 is 3.00 bits per heavy atom. The van der Waals surface area contributed by atoms with Crippen LogP contribution in [0.4, 0.5) is 0 Å². The molecule has 0 aliphatic rings. The van der Waals surface area contributed by atoms with Crippen molar-refractivity contribution in [3.63, 3.8) is 0 Å². The third-order valence-electron chi connectivity index (χ3n) is 2.79. The number of nitrogens with zero attached hydrogens (tertiary/aromatic N) is 1. The summed E-state index contributed by atoms with van der Waals surface area (Å²) >= 11 is 1.69. The van der Waals surface area contributed by atoms with Gasteiger partial charge in [0, 0.05) is 5.38 Å². The molecule has 0 bridgehead atoms. The molecule has 0 aliphatic heterocycles. The maximum absolute atomic E-state index is 9.53. The largest absolute Gasteiger partial charge is 0.487 e. The first-order valence-corrected chi connectivity index (χ1v) is 7.41. The molecular weight excluding hydrogens is 258 g/mol. The van der Waals surface area contributed by atoms with Crippen molar-refractivity contribution in [2.75, 3.05) is 0 Å². The minimum Gasteiger partial charge on any atom is -0.487 e. The van der Waals surface area contributed by atoms with Crippen LogP contribution in [-0.2, 0) is 13.0 Å². The number of aliphatic hydroxyl groups is 1. The maximum atomic E-state index is 9.53. The molecule has 0 amide bonds. The van der Waals surface area contributed by atoms with E-state index in [-0.39, 0.29) is 0 Å².